The van der Waals surface area contributed by atoms with Crippen LogP contribution in [0.4, 0.5) is 0 Å². The zero-order valence-electron chi connectivity index (χ0n) is 10.8. The Morgan fingerprint density at radius 2 is 2.00 bits per heavy atom. The van der Waals surface area contributed by atoms with Crippen molar-refractivity contribution in [3.05, 3.63) is 35.9 Å². The van der Waals surface area contributed by atoms with Crippen molar-refractivity contribution in [2.45, 2.75) is 45.3 Å². The molecule has 2 N–H and O–H groups in total. The molecule has 0 amide bonds. The van der Waals surface area contributed by atoms with Gasteiger partial charge in [-0.3, -0.25) is 0 Å². The van der Waals surface area contributed by atoms with Crippen molar-refractivity contribution in [2.75, 3.05) is 0 Å². The largest absolute Gasteiger partial charge is 0.461 e. The third-order valence-electron chi connectivity index (χ3n) is 2.80. The van der Waals surface area contributed by atoms with Gasteiger partial charge in [-0.05, 0) is 25.8 Å². The SMILES string of the molecule is CCCC(C)OC(=O)C(C)(N)c1ccccc1. The Hall–Kier alpha value is -1.35. The van der Waals surface area contributed by atoms with Crippen LogP contribution in [-0.4, -0.2) is 12.1 Å². The summed E-state index contributed by atoms with van der Waals surface area (Å²) < 4.78 is 5.35. The summed E-state index contributed by atoms with van der Waals surface area (Å²) in [4.78, 5) is 12.0. The van der Waals surface area contributed by atoms with Gasteiger partial charge in [-0.25, -0.2) is 4.79 Å². The van der Waals surface area contributed by atoms with Crippen LogP contribution in [0, 0.1) is 0 Å². The van der Waals surface area contributed by atoms with Crippen molar-refractivity contribution in [3.8, 4) is 0 Å². The Morgan fingerprint density at radius 1 is 1.41 bits per heavy atom. The monoisotopic (exact) mass is 235 g/mol. The van der Waals surface area contributed by atoms with Gasteiger partial charge >= 0.3 is 5.97 Å². The molecule has 1 aromatic rings. The van der Waals surface area contributed by atoms with E-state index in [1.165, 1.54) is 0 Å². The quantitative estimate of drug-likeness (QED) is 0.798. The molecule has 0 radical (unpaired) electrons. The summed E-state index contributed by atoms with van der Waals surface area (Å²) >= 11 is 0. The number of benzene rings is 1. The molecule has 3 heteroatoms. The first kappa shape index (κ1) is 13.7. The highest BCUT2D eigenvalue weighted by Crippen LogP contribution is 2.20. The van der Waals surface area contributed by atoms with Crippen LogP contribution in [0.1, 0.15) is 39.2 Å². The lowest BCUT2D eigenvalue weighted by Crippen LogP contribution is -2.44. The van der Waals surface area contributed by atoms with E-state index < -0.39 is 5.54 Å². The summed E-state index contributed by atoms with van der Waals surface area (Å²) in [6, 6.07) is 9.30. The van der Waals surface area contributed by atoms with Crippen molar-refractivity contribution >= 4 is 5.97 Å². The van der Waals surface area contributed by atoms with Gasteiger partial charge in [0.2, 0.25) is 0 Å². The Kier molecular flexibility index (Phi) is 4.70. The van der Waals surface area contributed by atoms with E-state index in [9.17, 15) is 4.79 Å². The molecular weight excluding hydrogens is 214 g/mol. The van der Waals surface area contributed by atoms with Gasteiger partial charge in [-0.15, -0.1) is 0 Å². The molecule has 0 saturated carbocycles. The molecular formula is C14H21NO2. The molecule has 0 fully saturated rings. The molecule has 17 heavy (non-hydrogen) atoms. The molecule has 3 nitrogen and oxygen atoms in total. The third kappa shape index (κ3) is 3.56. The van der Waals surface area contributed by atoms with Crippen molar-refractivity contribution in [3.63, 3.8) is 0 Å². The van der Waals surface area contributed by atoms with Crippen LogP contribution in [0.2, 0.25) is 0 Å². The summed E-state index contributed by atoms with van der Waals surface area (Å²) in [7, 11) is 0. The maximum absolute atomic E-state index is 12.0. The highest BCUT2D eigenvalue weighted by molar-refractivity contribution is 5.81. The predicted molar refractivity (Wildman–Crippen MR) is 68.4 cm³/mol. The lowest BCUT2D eigenvalue weighted by atomic mass is 9.93. The van der Waals surface area contributed by atoms with Crippen LogP contribution in [0.5, 0.6) is 0 Å². The summed E-state index contributed by atoms with van der Waals surface area (Å²) in [5.41, 5.74) is 5.74. The zero-order valence-corrected chi connectivity index (χ0v) is 10.8. The summed E-state index contributed by atoms with van der Waals surface area (Å²) in [6.07, 6.45) is 1.76. The molecule has 0 aliphatic carbocycles. The Balaban J connectivity index is 2.74. The number of carbonyl (C=O) groups is 1. The van der Waals surface area contributed by atoms with E-state index >= 15 is 0 Å². The van der Waals surface area contributed by atoms with Crippen LogP contribution < -0.4 is 5.73 Å². The zero-order chi connectivity index (χ0) is 12.9. The lowest BCUT2D eigenvalue weighted by Gasteiger charge is -2.25. The van der Waals surface area contributed by atoms with Crippen LogP contribution in [0.15, 0.2) is 30.3 Å². The minimum atomic E-state index is -1.08. The highest BCUT2D eigenvalue weighted by atomic mass is 16.5. The average molecular weight is 235 g/mol. The van der Waals surface area contributed by atoms with Crippen molar-refractivity contribution in [1.29, 1.82) is 0 Å². The van der Waals surface area contributed by atoms with E-state index in [4.69, 9.17) is 10.5 Å². The second-order valence-corrected chi connectivity index (χ2v) is 4.57. The van der Waals surface area contributed by atoms with E-state index in [1.54, 1.807) is 6.92 Å². The standard InChI is InChI=1S/C14H21NO2/c1-4-8-11(2)17-13(16)14(3,15)12-9-6-5-7-10-12/h5-7,9-11H,4,8,15H2,1-3H3. The molecule has 0 saturated heterocycles. The number of hydrogen-bond acceptors (Lipinski definition) is 3. The molecule has 2 unspecified atom stereocenters. The molecule has 1 rings (SSSR count). The van der Waals surface area contributed by atoms with Gasteiger partial charge in [0, 0.05) is 0 Å². The van der Waals surface area contributed by atoms with E-state index in [0.29, 0.717) is 0 Å². The predicted octanol–water partition coefficient (Wildman–Crippen LogP) is 2.59. The van der Waals surface area contributed by atoms with Crippen LogP contribution in [0.25, 0.3) is 0 Å². The van der Waals surface area contributed by atoms with Gasteiger partial charge in [0.15, 0.2) is 0 Å². The smallest absolute Gasteiger partial charge is 0.330 e. The molecule has 0 spiro atoms. The van der Waals surface area contributed by atoms with E-state index in [2.05, 4.69) is 6.92 Å². The summed E-state index contributed by atoms with van der Waals surface area (Å²) in [5, 5.41) is 0. The maximum atomic E-state index is 12.0. The molecule has 0 aliphatic rings. The molecule has 2 atom stereocenters. The first-order valence-corrected chi connectivity index (χ1v) is 6.04. The third-order valence-corrected chi connectivity index (χ3v) is 2.80. The number of nitrogens with two attached hydrogens (primary N) is 1. The Labute approximate surface area is 103 Å². The number of esters is 1. The fourth-order valence-corrected chi connectivity index (χ4v) is 1.67. The maximum Gasteiger partial charge on any atom is 0.330 e. The van der Waals surface area contributed by atoms with E-state index in [-0.39, 0.29) is 12.1 Å². The van der Waals surface area contributed by atoms with Gasteiger partial charge in [0.05, 0.1) is 6.10 Å². The van der Waals surface area contributed by atoms with Crippen molar-refractivity contribution in [1.82, 2.24) is 0 Å². The van der Waals surface area contributed by atoms with Crippen LogP contribution in [-0.2, 0) is 15.1 Å². The summed E-state index contributed by atoms with van der Waals surface area (Å²) in [6.45, 7) is 5.63. The van der Waals surface area contributed by atoms with Gasteiger partial charge in [0.25, 0.3) is 0 Å². The van der Waals surface area contributed by atoms with Gasteiger partial charge in [-0.1, -0.05) is 43.7 Å². The van der Waals surface area contributed by atoms with Gasteiger partial charge in [-0.2, -0.15) is 0 Å². The lowest BCUT2D eigenvalue weighted by molar-refractivity contribution is -0.154. The fraction of sp³-hybridized carbons (Fsp3) is 0.500. The van der Waals surface area contributed by atoms with Crippen molar-refractivity contribution < 1.29 is 9.53 Å². The minimum absolute atomic E-state index is 0.0842. The van der Waals surface area contributed by atoms with Crippen LogP contribution >= 0.6 is 0 Å². The first-order valence-electron chi connectivity index (χ1n) is 6.04. The molecule has 0 aromatic heterocycles. The van der Waals surface area contributed by atoms with Crippen LogP contribution in [0.3, 0.4) is 0 Å². The second-order valence-electron chi connectivity index (χ2n) is 4.57. The van der Waals surface area contributed by atoms with Crippen molar-refractivity contribution in [2.24, 2.45) is 5.73 Å². The minimum Gasteiger partial charge on any atom is -0.461 e. The normalized spacial score (nSPS) is 16.0. The number of rotatable bonds is 5. The fourth-order valence-electron chi connectivity index (χ4n) is 1.67. The second kappa shape index (κ2) is 5.82. The molecule has 0 heterocycles. The molecule has 94 valence electrons. The molecule has 1 aromatic carbocycles. The highest BCUT2D eigenvalue weighted by Gasteiger charge is 2.33. The summed E-state index contributed by atoms with van der Waals surface area (Å²) in [5.74, 6) is -0.371. The Bertz CT molecular complexity index is 360. The average Bonchev–Trinajstić information content (AvgIpc) is 2.30. The van der Waals surface area contributed by atoms with Gasteiger partial charge < -0.3 is 10.5 Å². The van der Waals surface area contributed by atoms with E-state index in [0.717, 1.165) is 18.4 Å². The topological polar surface area (TPSA) is 52.3 Å². The number of carbonyl (C=O) groups excluding carboxylic acids is 1. The Morgan fingerprint density at radius 3 is 2.53 bits per heavy atom. The number of ether oxygens (including phenoxy) is 1. The number of hydrogen-bond donors (Lipinski definition) is 1. The van der Waals surface area contributed by atoms with E-state index in [1.807, 2.05) is 37.3 Å². The van der Waals surface area contributed by atoms with Gasteiger partial charge in [0.1, 0.15) is 5.54 Å². The molecule has 0 aliphatic heterocycles. The molecule has 0 bridgehead atoms. The first-order chi connectivity index (χ1) is 7.98.